The van der Waals surface area contributed by atoms with Gasteiger partial charge in [-0.15, -0.1) is 0 Å². The van der Waals surface area contributed by atoms with Crippen molar-refractivity contribution in [3.8, 4) is 11.6 Å². The molecule has 0 aromatic carbocycles. The highest BCUT2D eigenvalue weighted by molar-refractivity contribution is 5.33. The van der Waals surface area contributed by atoms with Gasteiger partial charge >= 0.3 is 0 Å². The topological polar surface area (TPSA) is 43.4 Å². The first-order valence-electron chi connectivity index (χ1n) is 6.62. The zero-order chi connectivity index (χ0) is 13.0. The van der Waals surface area contributed by atoms with Gasteiger partial charge in [0.05, 0.1) is 6.10 Å². The highest BCUT2D eigenvalue weighted by Gasteiger charge is 2.31. The van der Waals surface area contributed by atoms with Crippen LogP contribution < -0.4 is 14.8 Å². The van der Waals surface area contributed by atoms with Crippen molar-refractivity contribution in [1.29, 1.82) is 0 Å². The van der Waals surface area contributed by atoms with Gasteiger partial charge in [-0.05, 0) is 58.3 Å². The third-order valence-electron chi connectivity index (χ3n) is 3.06. The molecule has 100 valence electrons. The number of ether oxygens (including phenoxy) is 2. The molecule has 1 aromatic rings. The highest BCUT2D eigenvalue weighted by atomic mass is 16.5. The molecule has 0 atom stereocenters. The lowest BCUT2D eigenvalue weighted by Crippen LogP contribution is -2.38. The molecule has 1 aromatic heterocycles. The minimum absolute atomic E-state index is 0.134. The van der Waals surface area contributed by atoms with E-state index in [1.54, 1.807) is 6.20 Å². The van der Waals surface area contributed by atoms with Crippen LogP contribution in [0.25, 0.3) is 0 Å². The Hall–Kier alpha value is -1.29. The zero-order valence-corrected chi connectivity index (χ0v) is 11.3. The van der Waals surface area contributed by atoms with Gasteiger partial charge in [-0.3, -0.25) is 0 Å². The zero-order valence-electron chi connectivity index (χ0n) is 11.3. The molecule has 0 saturated heterocycles. The van der Waals surface area contributed by atoms with E-state index in [1.165, 1.54) is 0 Å². The molecule has 1 N–H and O–H groups in total. The average molecular weight is 250 g/mol. The van der Waals surface area contributed by atoms with E-state index < -0.39 is 0 Å². The molecule has 1 heterocycles. The summed E-state index contributed by atoms with van der Waals surface area (Å²) in [6, 6.07) is 3.78. The standard InChI is InChI=1S/C14H22N2O2/c1-10(2)17-13-5-4-6-16-14(13)18-12-7-11(8-12)9-15-3/h4-6,10-12,15H,7-9H2,1-3H3. The van der Waals surface area contributed by atoms with E-state index in [0.717, 1.165) is 31.1 Å². The van der Waals surface area contributed by atoms with E-state index in [9.17, 15) is 0 Å². The SMILES string of the molecule is CNCC1CC(Oc2ncccc2OC(C)C)C1. The second-order valence-corrected chi connectivity index (χ2v) is 5.11. The summed E-state index contributed by atoms with van der Waals surface area (Å²) in [7, 11) is 1.99. The Kier molecular flexibility index (Phi) is 4.42. The predicted octanol–water partition coefficient (Wildman–Crippen LogP) is 2.25. The second-order valence-electron chi connectivity index (χ2n) is 5.11. The van der Waals surface area contributed by atoms with Crippen LogP contribution in [0.5, 0.6) is 11.6 Å². The molecule has 4 heteroatoms. The van der Waals surface area contributed by atoms with Gasteiger partial charge < -0.3 is 14.8 Å². The Labute approximate surface area is 109 Å². The fourth-order valence-corrected chi connectivity index (χ4v) is 2.19. The molecule has 1 saturated carbocycles. The van der Waals surface area contributed by atoms with Crippen LogP contribution >= 0.6 is 0 Å². The molecule has 0 radical (unpaired) electrons. The summed E-state index contributed by atoms with van der Waals surface area (Å²) in [4.78, 5) is 4.26. The van der Waals surface area contributed by atoms with E-state index in [1.807, 2.05) is 33.0 Å². The largest absolute Gasteiger partial charge is 0.485 e. The van der Waals surface area contributed by atoms with Crippen molar-refractivity contribution in [2.24, 2.45) is 5.92 Å². The average Bonchev–Trinajstić information content (AvgIpc) is 2.28. The Morgan fingerprint density at radius 2 is 2.22 bits per heavy atom. The molecular weight excluding hydrogens is 228 g/mol. The van der Waals surface area contributed by atoms with Gasteiger partial charge in [0.15, 0.2) is 5.75 Å². The molecule has 1 fully saturated rings. The fraction of sp³-hybridized carbons (Fsp3) is 0.643. The predicted molar refractivity (Wildman–Crippen MR) is 71.1 cm³/mol. The molecule has 4 nitrogen and oxygen atoms in total. The van der Waals surface area contributed by atoms with Crippen LogP contribution in [0.4, 0.5) is 0 Å². The minimum Gasteiger partial charge on any atom is -0.485 e. The highest BCUT2D eigenvalue weighted by Crippen LogP contribution is 2.33. The van der Waals surface area contributed by atoms with Crippen LogP contribution in [0.2, 0.25) is 0 Å². The number of nitrogens with one attached hydrogen (secondary N) is 1. The number of rotatable bonds is 6. The summed E-state index contributed by atoms with van der Waals surface area (Å²) in [6.45, 7) is 5.07. The summed E-state index contributed by atoms with van der Waals surface area (Å²) in [5, 5.41) is 3.20. The summed E-state index contributed by atoms with van der Waals surface area (Å²) in [5.74, 6) is 2.10. The Morgan fingerprint density at radius 3 is 2.89 bits per heavy atom. The summed E-state index contributed by atoms with van der Waals surface area (Å²) in [5.41, 5.74) is 0. The Morgan fingerprint density at radius 1 is 1.44 bits per heavy atom. The number of nitrogens with zero attached hydrogens (tertiary/aromatic N) is 1. The fourth-order valence-electron chi connectivity index (χ4n) is 2.19. The third-order valence-corrected chi connectivity index (χ3v) is 3.06. The number of aromatic nitrogens is 1. The van der Waals surface area contributed by atoms with Crippen LogP contribution in [0.15, 0.2) is 18.3 Å². The lowest BCUT2D eigenvalue weighted by molar-refractivity contribution is 0.0568. The van der Waals surface area contributed by atoms with Crippen molar-refractivity contribution in [3.05, 3.63) is 18.3 Å². The first-order valence-corrected chi connectivity index (χ1v) is 6.62. The first kappa shape index (κ1) is 13.1. The van der Waals surface area contributed by atoms with Crippen molar-refractivity contribution < 1.29 is 9.47 Å². The molecule has 0 unspecified atom stereocenters. The number of pyridine rings is 1. The molecule has 1 aliphatic rings. The van der Waals surface area contributed by atoms with E-state index in [4.69, 9.17) is 9.47 Å². The van der Waals surface area contributed by atoms with Gasteiger partial charge in [-0.25, -0.2) is 4.98 Å². The maximum absolute atomic E-state index is 5.90. The van der Waals surface area contributed by atoms with Gasteiger partial charge in [-0.2, -0.15) is 0 Å². The molecule has 2 rings (SSSR count). The Bertz CT molecular complexity index is 376. The van der Waals surface area contributed by atoms with Crippen LogP contribution in [0.1, 0.15) is 26.7 Å². The first-order chi connectivity index (χ1) is 8.69. The summed E-state index contributed by atoms with van der Waals surface area (Å²) < 4.78 is 11.6. The van der Waals surface area contributed by atoms with Gasteiger partial charge in [0, 0.05) is 6.20 Å². The molecule has 18 heavy (non-hydrogen) atoms. The summed E-state index contributed by atoms with van der Waals surface area (Å²) in [6.07, 6.45) is 4.35. The maximum Gasteiger partial charge on any atom is 0.257 e. The molecule has 0 aliphatic heterocycles. The third kappa shape index (κ3) is 3.35. The van der Waals surface area contributed by atoms with E-state index in [2.05, 4.69) is 10.3 Å². The minimum atomic E-state index is 0.134. The number of hydrogen-bond donors (Lipinski definition) is 1. The second kappa shape index (κ2) is 6.05. The quantitative estimate of drug-likeness (QED) is 0.841. The van der Waals surface area contributed by atoms with Crippen molar-refractivity contribution in [1.82, 2.24) is 10.3 Å². The van der Waals surface area contributed by atoms with E-state index >= 15 is 0 Å². The van der Waals surface area contributed by atoms with Gasteiger partial charge in [0.25, 0.3) is 5.88 Å². The van der Waals surface area contributed by atoms with Crippen molar-refractivity contribution in [3.63, 3.8) is 0 Å². The normalized spacial score (nSPS) is 22.7. The summed E-state index contributed by atoms with van der Waals surface area (Å²) >= 11 is 0. The van der Waals surface area contributed by atoms with Gasteiger partial charge in [-0.1, -0.05) is 0 Å². The molecule has 0 amide bonds. The molecular formula is C14H22N2O2. The smallest absolute Gasteiger partial charge is 0.257 e. The van der Waals surface area contributed by atoms with Crippen LogP contribution in [-0.4, -0.2) is 30.8 Å². The van der Waals surface area contributed by atoms with Gasteiger partial charge in [0.2, 0.25) is 0 Å². The van der Waals surface area contributed by atoms with Crippen LogP contribution in [0, 0.1) is 5.92 Å². The lowest BCUT2D eigenvalue weighted by Gasteiger charge is -2.35. The monoisotopic (exact) mass is 250 g/mol. The van der Waals surface area contributed by atoms with Crippen molar-refractivity contribution >= 4 is 0 Å². The van der Waals surface area contributed by atoms with Crippen molar-refractivity contribution in [2.75, 3.05) is 13.6 Å². The molecule has 0 spiro atoms. The number of hydrogen-bond acceptors (Lipinski definition) is 4. The maximum atomic E-state index is 5.90. The van der Waals surface area contributed by atoms with Crippen molar-refractivity contribution in [2.45, 2.75) is 38.9 Å². The lowest BCUT2D eigenvalue weighted by atomic mass is 9.82. The van der Waals surface area contributed by atoms with Crippen LogP contribution in [0.3, 0.4) is 0 Å². The molecule has 1 aliphatic carbocycles. The van der Waals surface area contributed by atoms with E-state index in [-0.39, 0.29) is 12.2 Å². The molecule has 0 bridgehead atoms. The van der Waals surface area contributed by atoms with E-state index in [0.29, 0.717) is 5.88 Å². The Balaban J connectivity index is 1.90. The van der Waals surface area contributed by atoms with Crippen LogP contribution in [-0.2, 0) is 0 Å². The van der Waals surface area contributed by atoms with Gasteiger partial charge in [0.1, 0.15) is 6.10 Å².